The molecule has 0 spiro atoms. The average molecular weight is 310 g/mol. The molecule has 0 saturated heterocycles. The predicted octanol–water partition coefficient (Wildman–Crippen LogP) is 4.71. The van der Waals surface area contributed by atoms with Crippen molar-refractivity contribution in [2.45, 2.75) is 58.3 Å². The zero-order chi connectivity index (χ0) is 16.2. The van der Waals surface area contributed by atoms with E-state index in [1.165, 1.54) is 18.4 Å². The van der Waals surface area contributed by atoms with E-state index in [0.717, 1.165) is 60.8 Å². The first kappa shape index (κ1) is 15.9. The molecule has 0 atom stereocenters. The van der Waals surface area contributed by atoms with Gasteiger partial charge in [0.2, 0.25) is 0 Å². The van der Waals surface area contributed by atoms with Crippen molar-refractivity contribution in [3.8, 4) is 11.5 Å². The number of benzene rings is 2. The summed E-state index contributed by atoms with van der Waals surface area (Å²) in [5.41, 5.74) is 5.52. The van der Waals surface area contributed by atoms with Gasteiger partial charge in [-0.1, -0.05) is 44.0 Å². The largest absolute Gasteiger partial charge is 0.508 e. The molecule has 122 valence electrons. The van der Waals surface area contributed by atoms with Gasteiger partial charge in [-0.25, -0.2) is 0 Å². The van der Waals surface area contributed by atoms with Crippen LogP contribution in [0, 0.1) is 0 Å². The van der Waals surface area contributed by atoms with Crippen LogP contribution in [0.15, 0.2) is 30.3 Å². The van der Waals surface area contributed by atoms with E-state index < -0.39 is 0 Å². The van der Waals surface area contributed by atoms with E-state index in [4.69, 9.17) is 0 Å². The van der Waals surface area contributed by atoms with Gasteiger partial charge >= 0.3 is 0 Å². The second kappa shape index (κ2) is 7.08. The number of rotatable bonds is 4. The molecule has 0 aliphatic heterocycles. The van der Waals surface area contributed by atoms with Gasteiger partial charge in [-0.3, -0.25) is 0 Å². The molecular weight excluding hydrogens is 284 g/mol. The van der Waals surface area contributed by atoms with Crippen molar-refractivity contribution < 1.29 is 10.2 Å². The number of phenols is 2. The van der Waals surface area contributed by atoms with Crippen molar-refractivity contribution in [3.63, 3.8) is 0 Å². The highest BCUT2D eigenvalue weighted by molar-refractivity contribution is 5.48. The molecule has 2 heteroatoms. The van der Waals surface area contributed by atoms with Crippen molar-refractivity contribution in [1.82, 2.24) is 0 Å². The van der Waals surface area contributed by atoms with Crippen LogP contribution < -0.4 is 0 Å². The number of aromatic hydroxyl groups is 2. The summed E-state index contributed by atoms with van der Waals surface area (Å²) < 4.78 is 0. The second-order valence-corrected chi connectivity index (χ2v) is 6.63. The Hall–Kier alpha value is -1.96. The zero-order valence-electron chi connectivity index (χ0n) is 13.9. The van der Waals surface area contributed by atoms with Gasteiger partial charge in [-0.05, 0) is 72.4 Å². The second-order valence-electron chi connectivity index (χ2n) is 6.63. The lowest BCUT2D eigenvalue weighted by atomic mass is 9.90. The lowest BCUT2D eigenvalue weighted by Crippen LogP contribution is -2.03. The molecule has 6 rings (SSSR count). The van der Waals surface area contributed by atoms with Gasteiger partial charge in [0.15, 0.2) is 0 Å². The Labute approximate surface area is 138 Å². The SMILES string of the molecule is CCCCCc1c2ccc(c1O)CCc1ccc(c(O)c1)CC2. The van der Waals surface area contributed by atoms with E-state index in [2.05, 4.69) is 31.2 Å². The van der Waals surface area contributed by atoms with Crippen molar-refractivity contribution in [2.24, 2.45) is 0 Å². The molecule has 0 amide bonds. The first-order chi connectivity index (χ1) is 11.2. The number of phenolic OH excluding ortho intramolecular Hbond substituents is 2. The fourth-order valence-corrected chi connectivity index (χ4v) is 3.52. The van der Waals surface area contributed by atoms with E-state index in [0.29, 0.717) is 11.5 Å². The van der Waals surface area contributed by atoms with Crippen LogP contribution in [0.1, 0.15) is 54.0 Å². The Balaban J connectivity index is 1.95. The quantitative estimate of drug-likeness (QED) is 0.803. The molecule has 2 N–H and O–H groups in total. The van der Waals surface area contributed by atoms with Gasteiger partial charge in [0, 0.05) is 0 Å². The van der Waals surface area contributed by atoms with E-state index in [1.54, 1.807) is 0 Å². The van der Waals surface area contributed by atoms with E-state index in [-0.39, 0.29) is 0 Å². The summed E-state index contributed by atoms with van der Waals surface area (Å²) in [6.45, 7) is 2.20. The van der Waals surface area contributed by atoms with Gasteiger partial charge in [0.25, 0.3) is 0 Å². The minimum atomic E-state index is 0.411. The molecule has 0 heterocycles. The molecule has 0 unspecified atom stereocenters. The van der Waals surface area contributed by atoms with Crippen LogP contribution in [0.3, 0.4) is 0 Å². The third kappa shape index (κ3) is 3.52. The molecule has 4 bridgehead atoms. The topological polar surface area (TPSA) is 40.5 Å². The molecule has 0 aromatic heterocycles. The molecule has 0 fully saturated rings. The Morgan fingerprint density at radius 1 is 0.826 bits per heavy atom. The lowest BCUT2D eigenvalue weighted by Gasteiger charge is -2.17. The lowest BCUT2D eigenvalue weighted by molar-refractivity contribution is 0.456. The van der Waals surface area contributed by atoms with Crippen molar-refractivity contribution >= 4 is 0 Å². The maximum atomic E-state index is 10.7. The van der Waals surface area contributed by atoms with Gasteiger partial charge in [-0.2, -0.15) is 0 Å². The number of hydrogen-bond donors (Lipinski definition) is 2. The maximum Gasteiger partial charge on any atom is 0.122 e. The van der Waals surface area contributed by atoms with Crippen molar-refractivity contribution in [2.75, 3.05) is 0 Å². The fourth-order valence-electron chi connectivity index (χ4n) is 3.52. The summed E-state index contributed by atoms with van der Waals surface area (Å²) in [4.78, 5) is 0. The normalized spacial score (nSPS) is 13.8. The molecule has 4 aliphatic carbocycles. The van der Waals surface area contributed by atoms with Crippen LogP contribution in [0.2, 0.25) is 0 Å². The first-order valence-corrected chi connectivity index (χ1v) is 8.82. The zero-order valence-corrected chi connectivity index (χ0v) is 13.9. The highest BCUT2D eigenvalue weighted by Gasteiger charge is 2.15. The van der Waals surface area contributed by atoms with E-state index in [1.807, 2.05) is 6.07 Å². The Bertz CT molecular complexity index is 688. The third-order valence-corrected chi connectivity index (χ3v) is 4.99. The molecule has 2 nitrogen and oxygen atoms in total. The van der Waals surface area contributed by atoms with Crippen LogP contribution in [-0.4, -0.2) is 10.2 Å². The first-order valence-electron chi connectivity index (χ1n) is 8.82. The maximum absolute atomic E-state index is 10.7. The van der Waals surface area contributed by atoms with Crippen molar-refractivity contribution in [1.29, 1.82) is 0 Å². The third-order valence-electron chi connectivity index (χ3n) is 4.99. The Morgan fingerprint density at radius 2 is 1.52 bits per heavy atom. The molecule has 2 aromatic carbocycles. The van der Waals surface area contributed by atoms with Gasteiger partial charge in [0.1, 0.15) is 11.5 Å². The summed E-state index contributed by atoms with van der Waals surface area (Å²) in [7, 11) is 0. The Kier molecular flexibility index (Phi) is 4.90. The molecule has 0 saturated carbocycles. The van der Waals surface area contributed by atoms with Gasteiger partial charge < -0.3 is 10.2 Å². The highest BCUT2D eigenvalue weighted by atomic mass is 16.3. The van der Waals surface area contributed by atoms with Crippen LogP contribution in [0.25, 0.3) is 0 Å². The predicted molar refractivity (Wildman–Crippen MR) is 94.3 cm³/mol. The fraction of sp³-hybridized carbons (Fsp3) is 0.429. The average Bonchev–Trinajstić information content (AvgIpc) is 2.53. The number of unbranched alkanes of at least 4 members (excludes halogenated alkanes) is 2. The minimum absolute atomic E-state index is 0.411. The monoisotopic (exact) mass is 310 g/mol. The molecule has 23 heavy (non-hydrogen) atoms. The van der Waals surface area contributed by atoms with Crippen LogP contribution >= 0.6 is 0 Å². The highest BCUT2D eigenvalue weighted by Crippen LogP contribution is 2.32. The summed E-state index contributed by atoms with van der Waals surface area (Å²) in [5, 5.41) is 20.9. The van der Waals surface area contributed by atoms with Gasteiger partial charge in [0.05, 0.1) is 0 Å². The van der Waals surface area contributed by atoms with E-state index in [9.17, 15) is 10.2 Å². The smallest absolute Gasteiger partial charge is 0.122 e. The van der Waals surface area contributed by atoms with Crippen LogP contribution in [-0.2, 0) is 32.1 Å². The summed E-state index contributed by atoms with van der Waals surface area (Å²) in [6, 6.07) is 10.3. The minimum Gasteiger partial charge on any atom is -0.508 e. The standard InChI is InChI=1S/C21H26O2/c1-2-3-4-5-19-16-10-12-17-8-6-15(14-20(17)22)7-9-18(13-11-16)21(19)23/h6,8,11,13-14,22-23H,2-5,7,9-10,12H2,1H3. The van der Waals surface area contributed by atoms with E-state index >= 15 is 0 Å². The number of aryl methyl sites for hydroxylation is 4. The molecule has 4 aliphatic rings. The molecule has 0 radical (unpaired) electrons. The van der Waals surface area contributed by atoms with Crippen LogP contribution in [0.4, 0.5) is 0 Å². The van der Waals surface area contributed by atoms with Gasteiger partial charge in [-0.15, -0.1) is 0 Å². The van der Waals surface area contributed by atoms with Crippen molar-refractivity contribution in [3.05, 3.63) is 58.1 Å². The summed E-state index contributed by atoms with van der Waals surface area (Å²) >= 11 is 0. The molecular formula is C21H26O2. The Morgan fingerprint density at radius 3 is 2.30 bits per heavy atom. The van der Waals surface area contributed by atoms with Crippen LogP contribution in [0.5, 0.6) is 11.5 Å². The summed E-state index contributed by atoms with van der Waals surface area (Å²) in [5.74, 6) is 0.923. The number of hydrogen-bond acceptors (Lipinski definition) is 2. The summed E-state index contributed by atoms with van der Waals surface area (Å²) in [6.07, 6.45) is 7.79. The molecule has 2 aromatic rings.